The Kier molecular flexibility index (Phi) is 3.52. The van der Waals surface area contributed by atoms with Gasteiger partial charge in [0.1, 0.15) is 5.56 Å². The van der Waals surface area contributed by atoms with E-state index in [1.54, 1.807) is 4.90 Å². The molecule has 0 spiro atoms. The lowest BCUT2D eigenvalue weighted by Crippen LogP contribution is -2.40. The molecule has 5 nitrogen and oxygen atoms in total. The highest BCUT2D eigenvalue weighted by Gasteiger charge is 2.22. The number of amides is 1. The summed E-state index contributed by atoms with van der Waals surface area (Å²) < 4.78 is 10.5. The summed E-state index contributed by atoms with van der Waals surface area (Å²) in [7, 11) is 1.53. The van der Waals surface area contributed by atoms with Crippen LogP contribution in [0, 0.1) is 0 Å². The van der Waals surface area contributed by atoms with Crippen LogP contribution in [0.5, 0.6) is 5.88 Å². The fourth-order valence-corrected chi connectivity index (χ4v) is 2.34. The number of pyridine rings is 1. The fourth-order valence-electron chi connectivity index (χ4n) is 2.34. The van der Waals surface area contributed by atoms with E-state index < -0.39 is 0 Å². The van der Waals surface area contributed by atoms with Crippen molar-refractivity contribution in [3.63, 3.8) is 0 Å². The van der Waals surface area contributed by atoms with Gasteiger partial charge in [0.15, 0.2) is 0 Å². The Morgan fingerprint density at radius 3 is 2.80 bits per heavy atom. The van der Waals surface area contributed by atoms with Crippen molar-refractivity contribution in [1.29, 1.82) is 0 Å². The summed E-state index contributed by atoms with van der Waals surface area (Å²) in [5.41, 5.74) is 1.33. The lowest BCUT2D eigenvalue weighted by Gasteiger charge is -2.27. The van der Waals surface area contributed by atoms with E-state index in [1.807, 2.05) is 30.3 Å². The zero-order chi connectivity index (χ0) is 13.9. The molecule has 0 N–H and O–H groups in total. The van der Waals surface area contributed by atoms with Gasteiger partial charge >= 0.3 is 0 Å². The molecule has 1 aromatic carbocycles. The Morgan fingerprint density at radius 2 is 2.05 bits per heavy atom. The predicted octanol–water partition coefficient (Wildman–Crippen LogP) is 1.72. The number of carbonyl (C=O) groups excluding carboxylic acids is 1. The summed E-state index contributed by atoms with van der Waals surface area (Å²) >= 11 is 0. The largest absolute Gasteiger partial charge is 0.480 e. The van der Waals surface area contributed by atoms with Crippen LogP contribution >= 0.6 is 0 Å². The van der Waals surface area contributed by atoms with Gasteiger partial charge in [0.25, 0.3) is 5.91 Å². The molecule has 1 fully saturated rings. The molecule has 2 aromatic rings. The van der Waals surface area contributed by atoms with E-state index in [-0.39, 0.29) is 5.91 Å². The van der Waals surface area contributed by atoms with Crippen molar-refractivity contribution in [2.24, 2.45) is 0 Å². The highest BCUT2D eigenvalue weighted by molar-refractivity contribution is 5.99. The van der Waals surface area contributed by atoms with E-state index >= 15 is 0 Å². The number of benzene rings is 1. The second-order valence-corrected chi connectivity index (χ2v) is 4.64. The number of hydrogen-bond donors (Lipinski definition) is 0. The van der Waals surface area contributed by atoms with Crippen LogP contribution in [0.15, 0.2) is 30.3 Å². The molecular formula is C15H16N2O3. The predicted molar refractivity (Wildman–Crippen MR) is 75.0 cm³/mol. The third kappa shape index (κ3) is 2.32. The zero-order valence-corrected chi connectivity index (χ0v) is 11.3. The molecule has 0 unspecified atom stereocenters. The van der Waals surface area contributed by atoms with E-state index in [1.165, 1.54) is 7.11 Å². The van der Waals surface area contributed by atoms with Crippen molar-refractivity contribution in [2.45, 2.75) is 0 Å². The minimum Gasteiger partial charge on any atom is -0.480 e. The van der Waals surface area contributed by atoms with Gasteiger partial charge in [-0.1, -0.05) is 18.2 Å². The van der Waals surface area contributed by atoms with Gasteiger partial charge in [-0.2, -0.15) is 0 Å². The van der Waals surface area contributed by atoms with Gasteiger partial charge in [-0.15, -0.1) is 0 Å². The molecule has 1 aromatic heterocycles. The highest BCUT2D eigenvalue weighted by Crippen LogP contribution is 2.23. The molecular weight excluding hydrogens is 256 g/mol. The first-order valence-corrected chi connectivity index (χ1v) is 6.60. The third-order valence-corrected chi connectivity index (χ3v) is 3.41. The average Bonchev–Trinajstić information content (AvgIpc) is 2.53. The Morgan fingerprint density at radius 1 is 1.30 bits per heavy atom. The summed E-state index contributed by atoms with van der Waals surface area (Å²) in [4.78, 5) is 18.8. The topological polar surface area (TPSA) is 51.7 Å². The SMILES string of the molecule is COc1nc2ccccc2cc1C(=O)N1CCOCC1. The van der Waals surface area contributed by atoms with Crippen molar-refractivity contribution in [2.75, 3.05) is 33.4 Å². The minimum absolute atomic E-state index is 0.0524. The van der Waals surface area contributed by atoms with Crippen LogP contribution in [0.25, 0.3) is 10.9 Å². The summed E-state index contributed by atoms with van der Waals surface area (Å²) in [5, 5.41) is 0.935. The number of nitrogens with zero attached hydrogens (tertiary/aromatic N) is 2. The molecule has 0 bridgehead atoms. The molecule has 0 saturated carbocycles. The maximum absolute atomic E-state index is 12.6. The maximum atomic E-state index is 12.6. The number of rotatable bonds is 2. The Labute approximate surface area is 117 Å². The molecule has 5 heteroatoms. The maximum Gasteiger partial charge on any atom is 0.259 e. The molecule has 20 heavy (non-hydrogen) atoms. The first-order valence-electron chi connectivity index (χ1n) is 6.60. The monoisotopic (exact) mass is 272 g/mol. The lowest BCUT2D eigenvalue weighted by atomic mass is 10.1. The number of para-hydroxylation sites is 1. The molecule has 104 valence electrons. The van der Waals surface area contributed by atoms with Gasteiger partial charge in [-0.05, 0) is 12.1 Å². The molecule has 1 aliphatic rings. The molecule has 1 saturated heterocycles. The first kappa shape index (κ1) is 12.9. The lowest BCUT2D eigenvalue weighted by molar-refractivity contribution is 0.0300. The molecule has 0 aliphatic carbocycles. The molecule has 2 heterocycles. The van der Waals surface area contributed by atoms with Crippen LogP contribution in [-0.4, -0.2) is 49.2 Å². The summed E-state index contributed by atoms with van der Waals surface area (Å²) in [6.07, 6.45) is 0. The molecule has 0 radical (unpaired) electrons. The fraction of sp³-hybridized carbons (Fsp3) is 0.333. The smallest absolute Gasteiger partial charge is 0.259 e. The molecule has 0 atom stereocenters. The second-order valence-electron chi connectivity index (χ2n) is 4.64. The van der Waals surface area contributed by atoms with Crippen LogP contribution < -0.4 is 4.74 Å². The van der Waals surface area contributed by atoms with Crippen LogP contribution in [0.4, 0.5) is 0 Å². The quantitative estimate of drug-likeness (QED) is 0.835. The number of carbonyl (C=O) groups is 1. The molecule has 1 aliphatic heterocycles. The number of methoxy groups -OCH3 is 1. The summed E-state index contributed by atoms with van der Waals surface area (Å²) in [6.45, 7) is 2.37. The molecule has 3 rings (SSSR count). The number of aromatic nitrogens is 1. The van der Waals surface area contributed by atoms with Crippen molar-refractivity contribution in [3.05, 3.63) is 35.9 Å². The van der Waals surface area contributed by atoms with Crippen LogP contribution in [0.3, 0.4) is 0 Å². The van der Waals surface area contributed by atoms with Crippen LogP contribution in [0.2, 0.25) is 0 Å². The summed E-state index contributed by atoms with van der Waals surface area (Å²) in [5.74, 6) is 0.323. The van der Waals surface area contributed by atoms with E-state index in [0.29, 0.717) is 37.7 Å². The van der Waals surface area contributed by atoms with E-state index in [0.717, 1.165) is 10.9 Å². The molecule has 1 amide bonds. The van der Waals surface area contributed by atoms with Gasteiger partial charge in [0.05, 0.1) is 25.8 Å². The number of ether oxygens (including phenoxy) is 2. The van der Waals surface area contributed by atoms with Crippen LogP contribution in [0.1, 0.15) is 10.4 Å². The van der Waals surface area contributed by atoms with Crippen molar-refractivity contribution in [1.82, 2.24) is 9.88 Å². The van der Waals surface area contributed by atoms with Gasteiger partial charge in [-0.25, -0.2) is 4.98 Å². The normalized spacial score (nSPS) is 15.3. The standard InChI is InChI=1S/C15H16N2O3/c1-19-14-12(15(18)17-6-8-20-9-7-17)10-11-4-2-3-5-13(11)16-14/h2-5,10H,6-9H2,1H3. The van der Waals surface area contributed by atoms with E-state index in [9.17, 15) is 4.79 Å². The van der Waals surface area contributed by atoms with Crippen molar-refractivity contribution >= 4 is 16.8 Å². The Balaban J connectivity index is 2.02. The van der Waals surface area contributed by atoms with Crippen molar-refractivity contribution < 1.29 is 14.3 Å². The zero-order valence-electron chi connectivity index (χ0n) is 11.3. The van der Waals surface area contributed by atoms with Crippen molar-refractivity contribution in [3.8, 4) is 5.88 Å². The van der Waals surface area contributed by atoms with E-state index in [4.69, 9.17) is 9.47 Å². The van der Waals surface area contributed by atoms with Gasteiger partial charge in [0.2, 0.25) is 5.88 Å². The number of morpholine rings is 1. The minimum atomic E-state index is -0.0524. The highest BCUT2D eigenvalue weighted by atomic mass is 16.5. The number of hydrogen-bond acceptors (Lipinski definition) is 4. The second kappa shape index (κ2) is 5.46. The van der Waals surface area contributed by atoms with Gasteiger partial charge < -0.3 is 14.4 Å². The third-order valence-electron chi connectivity index (χ3n) is 3.41. The van der Waals surface area contributed by atoms with Crippen LogP contribution in [-0.2, 0) is 4.74 Å². The number of fused-ring (bicyclic) bond motifs is 1. The first-order chi connectivity index (χ1) is 9.79. The van der Waals surface area contributed by atoms with E-state index in [2.05, 4.69) is 4.98 Å². The average molecular weight is 272 g/mol. The van der Waals surface area contributed by atoms with Gasteiger partial charge in [-0.3, -0.25) is 4.79 Å². The van der Waals surface area contributed by atoms with Gasteiger partial charge in [0, 0.05) is 18.5 Å². The Bertz CT molecular complexity index is 636. The Hall–Kier alpha value is -2.14. The summed E-state index contributed by atoms with van der Waals surface area (Å²) in [6, 6.07) is 9.54.